The predicted octanol–water partition coefficient (Wildman–Crippen LogP) is 4.23. The average molecular weight is 275 g/mol. The van der Waals surface area contributed by atoms with E-state index < -0.39 is 16.4 Å². The van der Waals surface area contributed by atoms with Gasteiger partial charge in [0, 0.05) is 0 Å². The van der Waals surface area contributed by atoms with Crippen molar-refractivity contribution in [3.63, 3.8) is 0 Å². The first-order valence-corrected chi connectivity index (χ1v) is 13.7. The van der Waals surface area contributed by atoms with Crippen LogP contribution in [0.5, 0.6) is 0 Å². The maximum absolute atomic E-state index is 12.4. The van der Waals surface area contributed by atoms with Crippen molar-refractivity contribution in [2.45, 2.75) is 78.0 Å². The molecule has 0 aliphatic rings. The van der Waals surface area contributed by atoms with Crippen molar-refractivity contribution in [1.82, 2.24) is 0 Å². The second kappa shape index (κ2) is 6.85. The number of rotatable bonds is 8. The SMILES string of the molecule is CCCCC[C@H](O[Si](C)(C)C)C(=O)[Si](C)(C)C. The minimum atomic E-state index is -1.73. The standard InChI is InChI=1S/C13H30O2Si2/c1-8-9-10-11-12(15-17(5,6)7)13(14)16(2,3)4/h12H,8-11H2,1-7H3/t12-/m0/s1. The number of hydrogen-bond donors (Lipinski definition) is 0. The molecule has 0 heterocycles. The molecule has 17 heavy (non-hydrogen) atoms. The lowest BCUT2D eigenvalue weighted by Gasteiger charge is -2.29. The zero-order valence-corrected chi connectivity index (χ0v) is 14.7. The molecule has 0 aliphatic heterocycles. The van der Waals surface area contributed by atoms with Crippen molar-refractivity contribution in [2.75, 3.05) is 0 Å². The van der Waals surface area contributed by atoms with Gasteiger partial charge in [-0.2, -0.15) is 0 Å². The summed E-state index contributed by atoms with van der Waals surface area (Å²) in [6, 6.07) is 0. The molecule has 0 saturated heterocycles. The van der Waals surface area contributed by atoms with Gasteiger partial charge < -0.3 is 9.22 Å². The summed E-state index contributed by atoms with van der Waals surface area (Å²) in [5.74, 6) is 0. The van der Waals surface area contributed by atoms with Gasteiger partial charge in [-0.3, -0.25) is 0 Å². The molecule has 0 bridgehead atoms. The highest BCUT2D eigenvalue weighted by Gasteiger charge is 2.34. The number of hydrogen-bond acceptors (Lipinski definition) is 2. The molecule has 4 heteroatoms. The second-order valence-corrected chi connectivity index (χ2v) is 16.3. The Morgan fingerprint density at radius 1 is 1.06 bits per heavy atom. The summed E-state index contributed by atoms with van der Waals surface area (Å²) in [6.45, 7) is 15.0. The van der Waals surface area contributed by atoms with Crippen LogP contribution in [-0.4, -0.2) is 27.9 Å². The van der Waals surface area contributed by atoms with Gasteiger partial charge in [-0.15, -0.1) is 0 Å². The molecule has 0 radical (unpaired) electrons. The minimum absolute atomic E-state index is 0.125. The molecule has 0 N–H and O–H groups in total. The molecule has 0 amide bonds. The Bertz CT molecular complexity index is 239. The highest BCUT2D eigenvalue weighted by Crippen LogP contribution is 2.18. The molecule has 0 fully saturated rings. The molecule has 0 aromatic heterocycles. The minimum Gasteiger partial charge on any atom is -0.408 e. The third-order valence-corrected chi connectivity index (χ3v) is 5.39. The third-order valence-electron chi connectivity index (χ3n) is 2.60. The second-order valence-electron chi connectivity index (χ2n) is 6.83. The molecule has 0 aliphatic carbocycles. The largest absolute Gasteiger partial charge is 0.408 e. The van der Waals surface area contributed by atoms with E-state index in [-0.39, 0.29) is 6.10 Å². The van der Waals surface area contributed by atoms with Gasteiger partial charge in [-0.25, -0.2) is 0 Å². The van der Waals surface area contributed by atoms with E-state index >= 15 is 0 Å². The summed E-state index contributed by atoms with van der Waals surface area (Å²) in [7, 11) is -3.35. The van der Waals surface area contributed by atoms with Gasteiger partial charge in [-0.1, -0.05) is 45.8 Å². The quantitative estimate of drug-likeness (QED) is 0.489. The van der Waals surface area contributed by atoms with E-state index in [1.165, 1.54) is 12.8 Å². The van der Waals surface area contributed by atoms with Crippen LogP contribution >= 0.6 is 0 Å². The molecule has 2 nitrogen and oxygen atoms in total. The first-order valence-electron chi connectivity index (χ1n) is 6.80. The van der Waals surface area contributed by atoms with Crippen LogP contribution in [0.1, 0.15) is 32.6 Å². The molecule has 0 spiro atoms. The molecule has 0 aromatic carbocycles. The first kappa shape index (κ1) is 17.1. The summed E-state index contributed by atoms with van der Waals surface area (Å²) in [6.07, 6.45) is 4.30. The topological polar surface area (TPSA) is 26.3 Å². The third kappa shape index (κ3) is 7.89. The van der Waals surface area contributed by atoms with Gasteiger partial charge in [0.15, 0.2) is 8.32 Å². The molecule has 0 rings (SSSR count). The number of unbranched alkanes of at least 4 members (excludes halogenated alkanes) is 2. The summed E-state index contributed by atoms with van der Waals surface area (Å²) in [5.41, 5.74) is 0. The number of carbonyl (C=O) groups is 1. The van der Waals surface area contributed by atoms with Gasteiger partial charge in [-0.05, 0) is 26.1 Å². The van der Waals surface area contributed by atoms with E-state index in [0.29, 0.717) is 5.41 Å². The van der Waals surface area contributed by atoms with Gasteiger partial charge in [0.25, 0.3) is 0 Å². The molecule has 1 atom stereocenters. The molecular weight excluding hydrogens is 244 g/mol. The fourth-order valence-electron chi connectivity index (χ4n) is 1.73. The van der Waals surface area contributed by atoms with Crippen molar-refractivity contribution in [2.24, 2.45) is 0 Å². The molecule has 102 valence electrons. The summed E-state index contributed by atoms with van der Waals surface area (Å²) < 4.78 is 6.10. The molecule has 0 saturated carbocycles. The highest BCUT2D eigenvalue weighted by molar-refractivity contribution is 7.04. The smallest absolute Gasteiger partial charge is 0.184 e. The first-order chi connectivity index (χ1) is 7.58. The summed E-state index contributed by atoms with van der Waals surface area (Å²) >= 11 is 0. The molecule has 0 unspecified atom stereocenters. The van der Waals surface area contributed by atoms with Gasteiger partial charge >= 0.3 is 0 Å². The van der Waals surface area contributed by atoms with E-state index in [0.717, 1.165) is 12.8 Å². The Kier molecular flexibility index (Phi) is 6.88. The van der Waals surface area contributed by atoms with Crippen molar-refractivity contribution in [3.05, 3.63) is 0 Å². The Hall–Kier alpha value is 0.0638. The maximum Gasteiger partial charge on any atom is 0.184 e. The zero-order chi connectivity index (χ0) is 13.7. The molecule has 0 aromatic rings. The van der Waals surface area contributed by atoms with E-state index in [1.807, 2.05) is 0 Å². The predicted molar refractivity (Wildman–Crippen MR) is 80.7 cm³/mol. The monoisotopic (exact) mass is 274 g/mol. The Morgan fingerprint density at radius 2 is 1.59 bits per heavy atom. The van der Waals surface area contributed by atoms with E-state index in [4.69, 9.17) is 4.43 Å². The van der Waals surface area contributed by atoms with Crippen LogP contribution in [0.4, 0.5) is 0 Å². The summed E-state index contributed by atoms with van der Waals surface area (Å²) in [4.78, 5) is 12.4. The molecular formula is C13H30O2Si2. The van der Waals surface area contributed by atoms with Crippen LogP contribution < -0.4 is 0 Å². The fraction of sp³-hybridized carbons (Fsp3) is 0.923. The lowest BCUT2D eigenvalue weighted by molar-refractivity contribution is -0.119. The fourth-order valence-corrected chi connectivity index (χ4v) is 4.10. The van der Waals surface area contributed by atoms with Gasteiger partial charge in [0.2, 0.25) is 0 Å². The van der Waals surface area contributed by atoms with Crippen LogP contribution in [-0.2, 0) is 9.22 Å². The van der Waals surface area contributed by atoms with E-state index in [9.17, 15) is 4.79 Å². The normalized spacial score (nSPS) is 14.8. The van der Waals surface area contributed by atoms with Crippen LogP contribution in [0.15, 0.2) is 0 Å². The van der Waals surface area contributed by atoms with Crippen LogP contribution in [0.25, 0.3) is 0 Å². The van der Waals surface area contributed by atoms with Crippen molar-refractivity contribution in [3.8, 4) is 0 Å². The van der Waals surface area contributed by atoms with Crippen LogP contribution in [0, 0.1) is 0 Å². The lowest BCUT2D eigenvalue weighted by Crippen LogP contribution is -2.47. The number of carbonyl (C=O) groups excluding carboxylic acids is 1. The summed E-state index contributed by atoms with van der Waals surface area (Å²) in [5, 5.41) is 0.399. The zero-order valence-electron chi connectivity index (χ0n) is 12.7. The Labute approximate surface area is 109 Å². The van der Waals surface area contributed by atoms with E-state index in [2.05, 4.69) is 46.2 Å². The maximum atomic E-state index is 12.4. The Balaban J connectivity index is 4.56. The Morgan fingerprint density at radius 3 is 1.94 bits per heavy atom. The van der Waals surface area contributed by atoms with Crippen molar-refractivity contribution < 1.29 is 9.22 Å². The van der Waals surface area contributed by atoms with Crippen LogP contribution in [0.2, 0.25) is 39.3 Å². The van der Waals surface area contributed by atoms with Crippen molar-refractivity contribution >= 4 is 21.8 Å². The average Bonchev–Trinajstić information content (AvgIpc) is 2.12. The lowest BCUT2D eigenvalue weighted by atomic mass is 10.1. The van der Waals surface area contributed by atoms with Crippen LogP contribution in [0.3, 0.4) is 0 Å². The van der Waals surface area contributed by atoms with Crippen molar-refractivity contribution in [1.29, 1.82) is 0 Å². The van der Waals surface area contributed by atoms with Gasteiger partial charge in [0.1, 0.15) is 13.5 Å². The van der Waals surface area contributed by atoms with E-state index in [1.54, 1.807) is 0 Å². The highest BCUT2D eigenvalue weighted by atomic mass is 28.4. The van der Waals surface area contributed by atoms with Gasteiger partial charge in [0.05, 0.1) is 6.10 Å².